The molecule has 2 aromatic carbocycles. The molecule has 2 aliphatic heterocycles. The molecule has 0 amide bonds. The lowest BCUT2D eigenvalue weighted by molar-refractivity contribution is 0.113. The van der Waals surface area contributed by atoms with Crippen molar-refractivity contribution in [2.45, 2.75) is 63.9 Å². The highest BCUT2D eigenvalue weighted by molar-refractivity contribution is 5.30. The van der Waals surface area contributed by atoms with Gasteiger partial charge in [-0.1, -0.05) is 23.8 Å². The molecule has 4 fully saturated rings. The minimum atomic E-state index is -0.760. The van der Waals surface area contributed by atoms with Crippen LogP contribution in [0.15, 0.2) is 79.1 Å². The van der Waals surface area contributed by atoms with Gasteiger partial charge in [-0.05, 0) is 117 Å². The quantitative estimate of drug-likeness (QED) is 0.155. The highest BCUT2D eigenvalue weighted by Crippen LogP contribution is 2.41. The van der Waals surface area contributed by atoms with Gasteiger partial charge in [-0.3, -0.25) is 19.8 Å². The van der Waals surface area contributed by atoms with Gasteiger partial charge in [0.05, 0.1) is 36.4 Å². The number of aliphatic hydroxyl groups excluding tert-OH is 2. The normalized spacial score (nSPS) is 26.4. The number of pyridine rings is 2. The minimum Gasteiger partial charge on any atom is -0.506 e. The summed E-state index contributed by atoms with van der Waals surface area (Å²) in [6.07, 6.45) is 6.51. The third kappa shape index (κ3) is 9.45. The van der Waals surface area contributed by atoms with E-state index in [0.29, 0.717) is 54.1 Å². The number of aromatic nitrogens is 2. The Balaban J connectivity index is 0.000000164. The van der Waals surface area contributed by atoms with Gasteiger partial charge in [-0.25, -0.2) is 4.39 Å². The van der Waals surface area contributed by atoms with Gasteiger partial charge in [0.2, 0.25) is 0 Å². The van der Waals surface area contributed by atoms with Crippen LogP contribution in [0.1, 0.15) is 60.4 Å². The van der Waals surface area contributed by atoms with E-state index in [1.165, 1.54) is 23.9 Å². The first-order chi connectivity index (χ1) is 25.5. The van der Waals surface area contributed by atoms with Gasteiger partial charge >= 0.3 is 0 Å². The number of fused-ring (bicyclic) bond motifs is 2. The van der Waals surface area contributed by atoms with E-state index in [0.717, 1.165) is 69.1 Å². The largest absolute Gasteiger partial charge is 0.506 e. The Hall–Kier alpha value is -4.29. The van der Waals surface area contributed by atoms with Crippen molar-refractivity contribution in [3.63, 3.8) is 0 Å². The summed E-state index contributed by atoms with van der Waals surface area (Å²) >= 11 is 0. The van der Waals surface area contributed by atoms with E-state index < -0.39 is 23.8 Å². The van der Waals surface area contributed by atoms with Gasteiger partial charge in [0.25, 0.3) is 0 Å². The molecule has 2 aromatic heterocycles. The molecule has 4 unspecified atom stereocenters. The number of β-amino-alcohol motifs (C(OH)–C–C–N with tert-alkyl or cyclic N) is 2. The Labute approximate surface area is 310 Å². The average molecular weight is 727 g/mol. The lowest BCUT2D eigenvalue weighted by Gasteiger charge is -2.22. The molecule has 0 radical (unpaired) electrons. The van der Waals surface area contributed by atoms with Crippen LogP contribution in [0.2, 0.25) is 0 Å². The van der Waals surface area contributed by atoms with Crippen LogP contribution in [0.5, 0.6) is 23.0 Å². The molecule has 2 aliphatic carbocycles. The van der Waals surface area contributed by atoms with Crippen molar-refractivity contribution in [2.24, 2.45) is 23.7 Å². The van der Waals surface area contributed by atoms with Crippen molar-refractivity contribution < 1.29 is 34.3 Å². The molecule has 8 atom stereocenters. The summed E-state index contributed by atoms with van der Waals surface area (Å²) in [5.74, 6) is 3.24. The summed E-state index contributed by atoms with van der Waals surface area (Å²) in [6.45, 7) is 8.97. The van der Waals surface area contributed by atoms with Gasteiger partial charge in [0.1, 0.15) is 23.4 Å². The van der Waals surface area contributed by atoms with E-state index in [1.807, 2.05) is 19.1 Å². The van der Waals surface area contributed by atoms with Crippen molar-refractivity contribution in [1.82, 2.24) is 19.8 Å². The van der Waals surface area contributed by atoms with Crippen LogP contribution in [0.3, 0.4) is 0 Å². The smallest absolute Gasteiger partial charge is 0.165 e. The van der Waals surface area contributed by atoms with Crippen LogP contribution in [-0.2, 0) is 0 Å². The predicted octanol–water partition coefficient (Wildman–Crippen LogP) is 5.98. The molecule has 2 saturated heterocycles. The van der Waals surface area contributed by atoms with Gasteiger partial charge in [0, 0.05) is 45.0 Å². The van der Waals surface area contributed by atoms with Crippen molar-refractivity contribution in [1.29, 1.82) is 0 Å². The molecule has 0 bridgehead atoms. The number of halogens is 1. The molecule has 0 spiro atoms. The average Bonchev–Trinajstić information content (AvgIpc) is 3.89. The van der Waals surface area contributed by atoms with Crippen molar-refractivity contribution in [2.75, 3.05) is 39.3 Å². The molecule has 4 aromatic rings. The third-order valence-electron chi connectivity index (χ3n) is 11.4. The highest BCUT2D eigenvalue weighted by atomic mass is 19.1. The number of phenols is 1. The number of likely N-dealkylation sites (tertiary alicyclic amines) is 2. The second-order valence-corrected chi connectivity index (χ2v) is 15.5. The Morgan fingerprint density at radius 1 is 0.679 bits per heavy atom. The van der Waals surface area contributed by atoms with Crippen molar-refractivity contribution in [3.05, 3.63) is 107 Å². The fraction of sp³-hybridized carbons (Fsp3) is 0.476. The van der Waals surface area contributed by atoms with Crippen LogP contribution in [0.25, 0.3) is 0 Å². The van der Waals surface area contributed by atoms with Gasteiger partial charge in [0.15, 0.2) is 11.6 Å². The lowest BCUT2D eigenvalue weighted by atomic mass is 10.0. The van der Waals surface area contributed by atoms with E-state index in [1.54, 1.807) is 24.4 Å². The third-order valence-corrected chi connectivity index (χ3v) is 11.4. The summed E-state index contributed by atoms with van der Waals surface area (Å²) in [7, 11) is 0. The number of aryl methyl sites for hydroxylation is 2. The SMILES string of the molecule is Cc1ccc(OC2C[C@@H]3CN(CC(O)c4ccc(O)c(F)c4)C[C@@H]3C2)cn1.Cc1ccc(OC2C[C@@H]3CN(CC(O)c4ccc(O)cn4)C[C@@H]3C2)cc1. The molecule has 8 rings (SSSR count). The van der Waals surface area contributed by atoms with Crippen LogP contribution >= 0.6 is 0 Å². The summed E-state index contributed by atoms with van der Waals surface area (Å²) in [5, 5.41) is 39.4. The molecule has 282 valence electrons. The van der Waals surface area contributed by atoms with E-state index in [9.17, 15) is 24.8 Å². The lowest BCUT2D eigenvalue weighted by Crippen LogP contribution is -2.29. The zero-order chi connectivity index (χ0) is 37.1. The zero-order valence-electron chi connectivity index (χ0n) is 30.5. The number of aliphatic hydroxyl groups is 2. The number of nitrogens with zero attached hydrogens (tertiary/aromatic N) is 4. The maximum Gasteiger partial charge on any atom is 0.165 e. The number of ether oxygens (including phenoxy) is 2. The van der Waals surface area contributed by atoms with Crippen molar-refractivity contribution in [3.8, 4) is 23.0 Å². The second-order valence-electron chi connectivity index (χ2n) is 15.5. The molecule has 4 N–H and O–H groups in total. The van der Waals surface area contributed by atoms with Crippen molar-refractivity contribution >= 4 is 0 Å². The number of rotatable bonds is 10. The molecule has 10 nitrogen and oxygen atoms in total. The summed E-state index contributed by atoms with van der Waals surface area (Å²) in [6, 6.07) is 19.5. The maximum absolute atomic E-state index is 13.5. The molecular formula is C42H51FN4O6. The van der Waals surface area contributed by atoms with Crippen LogP contribution in [-0.4, -0.2) is 91.7 Å². The fourth-order valence-electron chi connectivity index (χ4n) is 8.71. The summed E-state index contributed by atoms with van der Waals surface area (Å²) in [4.78, 5) is 13.0. The highest BCUT2D eigenvalue weighted by Gasteiger charge is 2.43. The Morgan fingerprint density at radius 2 is 1.25 bits per heavy atom. The molecule has 2 saturated carbocycles. The second kappa shape index (κ2) is 16.4. The zero-order valence-corrected chi connectivity index (χ0v) is 30.5. The fourth-order valence-corrected chi connectivity index (χ4v) is 8.71. The van der Waals surface area contributed by atoms with Crippen LogP contribution < -0.4 is 9.47 Å². The van der Waals surface area contributed by atoms with Crippen LogP contribution in [0, 0.1) is 43.3 Å². The summed E-state index contributed by atoms with van der Waals surface area (Å²) < 4.78 is 25.7. The number of phenolic OH excluding ortho intramolecular Hbond substituents is 1. The first-order valence-electron chi connectivity index (χ1n) is 18.8. The Kier molecular flexibility index (Phi) is 11.5. The molecular weight excluding hydrogens is 675 g/mol. The van der Waals surface area contributed by atoms with Gasteiger partial charge < -0.3 is 29.9 Å². The first-order valence-corrected chi connectivity index (χ1v) is 18.8. The Bertz CT molecular complexity index is 1770. The first kappa shape index (κ1) is 37.0. The van der Waals surface area contributed by atoms with Gasteiger partial charge in [-0.2, -0.15) is 0 Å². The van der Waals surface area contributed by atoms with E-state index in [-0.39, 0.29) is 11.9 Å². The van der Waals surface area contributed by atoms with E-state index >= 15 is 0 Å². The Morgan fingerprint density at radius 3 is 1.77 bits per heavy atom. The molecule has 4 heterocycles. The number of benzene rings is 2. The summed E-state index contributed by atoms with van der Waals surface area (Å²) in [5.41, 5.74) is 3.34. The standard InChI is InChI=1S/C21H25FN2O3.C21H26N2O3/c1-13-2-4-17(9-23-13)27-18-6-15-10-24(11-16(15)7-18)12-21(26)14-3-5-20(25)19(22)8-14;1-14-2-5-18(6-3-14)26-19-8-15-11-23(12-16(15)9-19)13-21(25)20-7-4-17(24)10-22-20/h2-5,8-9,15-16,18,21,25-26H,6-7,10-12H2,1H3;2-7,10,15-16,19,21,24-25H,8-9,11-13H2,1H3/t15-,16+,18?,21?;15-,16+,19?,21?. The van der Waals surface area contributed by atoms with E-state index in [4.69, 9.17) is 9.47 Å². The number of aromatic hydroxyl groups is 2. The van der Waals surface area contributed by atoms with E-state index in [2.05, 4.69) is 51.0 Å². The topological polar surface area (TPSA) is 132 Å². The number of hydrogen-bond acceptors (Lipinski definition) is 10. The number of hydrogen-bond donors (Lipinski definition) is 4. The predicted molar refractivity (Wildman–Crippen MR) is 198 cm³/mol. The molecule has 11 heteroatoms. The molecule has 4 aliphatic rings. The maximum atomic E-state index is 13.5. The monoisotopic (exact) mass is 726 g/mol. The molecule has 53 heavy (non-hydrogen) atoms. The van der Waals surface area contributed by atoms with Gasteiger partial charge in [-0.15, -0.1) is 0 Å². The van der Waals surface area contributed by atoms with Crippen LogP contribution in [0.4, 0.5) is 4.39 Å². The minimum absolute atomic E-state index is 0.122.